The summed E-state index contributed by atoms with van der Waals surface area (Å²) in [6, 6.07) is 11.2. The van der Waals surface area contributed by atoms with E-state index in [-0.39, 0.29) is 17.3 Å². The van der Waals surface area contributed by atoms with Crippen molar-refractivity contribution in [2.24, 2.45) is 0 Å². The highest BCUT2D eigenvalue weighted by atomic mass is 32.1. The van der Waals surface area contributed by atoms with Crippen molar-refractivity contribution in [3.05, 3.63) is 59.4 Å². The van der Waals surface area contributed by atoms with Crippen LogP contribution in [0.5, 0.6) is 5.75 Å². The van der Waals surface area contributed by atoms with Crippen LogP contribution in [0.25, 0.3) is 10.6 Å². The third-order valence-electron chi connectivity index (χ3n) is 3.61. The normalized spacial score (nSPS) is 10.3. The highest BCUT2D eigenvalue weighted by Crippen LogP contribution is 2.26. The van der Waals surface area contributed by atoms with Crippen LogP contribution in [0.1, 0.15) is 17.4 Å². The van der Waals surface area contributed by atoms with E-state index in [1.807, 2.05) is 12.1 Å². The van der Waals surface area contributed by atoms with Gasteiger partial charge in [0.25, 0.3) is 5.91 Å². The van der Waals surface area contributed by atoms with Gasteiger partial charge in [0.1, 0.15) is 22.3 Å². The first-order valence-corrected chi connectivity index (χ1v) is 8.82. The van der Waals surface area contributed by atoms with Crippen molar-refractivity contribution in [3.63, 3.8) is 0 Å². The quantitative estimate of drug-likeness (QED) is 0.691. The molecule has 0 aliphatic carbocycles. The summed E-state index contributed by atoms with van der Waals surface area (Å²) in [7, 11) is 1.58. The van der Waals surface area contributed by atoms with E-state index in [9.17, 15) is 14.0 Å². The average molecular weight is 385 g/mol. The summed E-state index contributed by atoms with van der Waals surface area (Å²) in [4.78, 5) is 27.8. The fraction of sp³-hybridized carbons (Fsp3) is 0.105. The lowest BCUT2D eigenvalue weighted by atomic mass is 10.2. The molecule has 0 spiro atoms. The molecule has 0 saturated carbocycles. The van der Waals surface area contributed by atoms with Crippen molar-refractivity contribution in [2.75, 3.05) is 17.7 Å². The van der Waals surface area contributed by atoms with E-state index in [1.54, 1.807) is 24.6 Å². The number of thiazole rings is 1. The number of ether oxygens (including phenoxy) is 1. The summed E-state index contributed by atoms with van der Waals surface area (Å²) in [5.41, 5.74) is 1.37. The molecule has 8 heteroatoms. The Kier molecular flexibility index (Phi) is 5.46. The van der Waals surface area contributed by atoms with Gasteiger partial charge in [-0.15, -0.1) is 11.3 Å². The lowest BCUT2D eigenvalue weighted by Gasteiger charge is -2.08. The summed E-state index contributed by atoms with van der Waals surface area (Å²) in [5.74, 6) is -0.710. The molecule has 3 aromatic rings. The van der Waals surface area contributed by atoms with E-state index in [4.69, 9.17) is 4.74 Å². The van der Waals surface area contributed by atoms with Crippen LogP contribution in [0.15, 0.2) is 47.8 Å². The summed E-state index contributed by atoms with van der Waals surface area (Å²) in [5, 5.41) is 7.29. The molecule has 138 valence electrons. The molecule has 27 heavy (non-hydrogen) atoms. The highest BCUT2D eigenvalue weighted by molar-refractivity contribution is 7.13. The Balaban J connectivity index is 1.77. The number of hydrogen-bond acceptors (Lipinski definition) is 5. The maximum atomic E-state index is 14.0. The van der Waals surface area contributed by atoms with E-state index in [1.165, 1.54) is 36.5 Å². The minimum absolute atomic E-state index is 0.0368. The fourth-order valence-electron chi connectivity index (χ4n) is 2.33. The van der Waals surface area contributed by atoms with Crippen LogP contribution in [-0.4, -0.2) is 23.9 Å². The molecule has 0 fully saturated rings. The molecule has 0 aliphatic rings. The molecule has 0 bridgehead atoms. The molecule has 0 saturated heterocycles. The van der Waals surface area contributed by atoms with E-state index in [0.717, 1.165) is 11.3 Å². The number of carbonyl (C=O) groups is 2. The number of hydrogen-bond donors (Lipinski definition) is 2. The van der Waals surface area contributed by atoms with E-state index in [2.05, 4.69) is 15.6 Å². The topological polar surface area (TPSA) is 80.3 Å². The van der Waals surface area contributed by atoms with Crippen molar-refractivity contribution in [1.82, 2.24) is 4.98 Å². The summed E-state index contributed by atoms with van der Waals surface area (Å²) in [6.07, 6.45) is 0. The van der Waals surface area contributed by atoms with Gasteiger partial charge in [0, 0.05) is 23.6 Å². The molecule has 1 heterocycles. The number of rotatable bonds is 5. The van der Waals surface area contributed by atoms with Crippen molar-refractivity contribution in [2.45, 2.75) is 6.92 Å². The molecule has 2 amide bonds. The monoisotopic (exact) mass is 385 g/mol. The number of carbonyl (C=O) groups excluding carboxylic acids is 2. The second kappa shape index (κ2) is 7.96. The van der Waals surface area contributed by atoms with E-state index in [0.29, 0.717) is 10.7 Å². The second-order valence-corrected chi connectivity index (χ2v) is 6.45. The van der Waals surface area contributed by atoms with Gasteiger partial charge < -0.3 is 15.4 Å². The predicted molar refractivity (Wildman–Crippen MR) is 103 cm³/mol. The van der Waals surface area contributed by atoms with Crippen molar-refractivity contribution >= 4 is 34.5 Å². The Morgan fingerprint density at radius 1 is 1.11 bits per heavy atom. The Bertz CT molecular complexity index is 986. The molecular formula is C19H16FN3O3S. The minimum Gasteiger partial charge on any atom is -0.497 e. The van der Waals surface area contributed by atoms with Crippen LogP contribution >= 0.6 is 11.3 Å². The third-order valence-corrected chi connectivity index (χ3v) is 4.50. The zero-order valence-electron chi connectivity index (χ0n) is 14.6. The lowest BCUT2D eigenvalue weighted by Crippen LogP contribution is -2.14. The van der Waals surface area contributed by atoms with Crippen LogP contribution < -0.4 is 15.4 Å². The summed E-state index contributed by atoms with van der Waals surface area (Å²) < 4.78 is 19.1. The van der Waals surface area contributed by atoms with Crippen molar-refractivity contribution < 1.29 is 18.7 Å². The number of benzene rings is 2. The van der Waals surface area contributed by atoms with Gasteiger partial charge >= 0.3 is 0 Å². The molecule has 0 atom stereocenters. The highest BCUT2D eigenvalue weighted by Gasteiger charge is 2.15. The van der Waals surface area contributed by atoms with E-state index >= 15 is 0 Å². The number of nitrogens with zero attached hydrogens (tertiary/aromatic N) is 1. The third kappa shape index (κ3) is 4.48. The number of halogens is 1. The number of amides is 2. The van der Waals surface area contributed by atoms with Gasteiger partial charge in [-0.05, 0) is 42.5 Å². The van der Waals surface area contributed by atoms with Crippen LogP contribution in [0.4, 0.5) is 15.8 Å². The van der Waals surface area contributed by atoms with Crippen molar-refractivity contribution in [3.8, 4) is 16.3 Å². The number of anilines is 2. The largest absolute Gasteiger partial charge is 0.497 e. The average Bonchev–Trinajstić information content (AvgIpc) is 3.14. The van der Waals surface area contributed by atoms with Crippen LogP contribution in [-0.2, 0) is 4.79 Å². The smallest absolute Gasteiger partial charge is 0.275 e. The van der Waals surface area contributed by atoms with Gasteiger partial charge in [-0.25, -0.2) is 9.37 Å². The Hall–Kier alpha value is -3.26. The lowest BCUT2D eigenvalue weighted by molar-refractivity contribution is -0.114. The maximum absolute atomic E-state index is 14.0. The molecular weight excluding hydrogens is 369 g/mol. The molecule has 2 aromatic carbocycles. The maximum Gasteiger partial charge on any atom is 0.275 e. The number of aromatic nitrogens is 1. The van der Waals surface area contributed by atoms with Crippen LogP contribution in [0, 0.1) is 5.82 Å². The van der Waals surface area contributed by atoms with E-state index < -0.39 is 11.7 Å². The molecule has 0 radical (unpaired) electrons. The Morgan fingerprint density at radius 2 is 1.85 bits per heavy atom. The van der Waals surface area contributed by atoms with Gasteiger partial charge in [-0.1, -0.05) is 0 Å². The minimum atomic E-state index is -0.608. The van der Waals surface area contributed by atoms with Gasteiger partial charge in [0.05, 0.1) is 12.8 Å². The molecule has 0 unspecified atom stereocenters. The molecule has 2 N–H and O–H groups in total. The van der Waals surface area contributed by atoms with Gasteiger partial charge in [-0.3, -0.25) is 9.59 Å². The molecule has 1 aromatic heterocycles. The molecule has 0 aliphatic heterocycles. The zero-order chi connectivity index (χ0) is 19.4. The van der Waals surface area contributed by atoms with Gasteiger partial charge in [-0.2, -0.15) is 0 Å². The first-order valence-electron chi connectivity index (χ1n) is 7.94. The van der Waals surface area contributed by atoms with Gasteiger partial charge in [0.15, 0.2) is 0 Å². The summed E-state index contributed by atoms with van der Waals surface area (Å²) >= 11 is 1.31. The molecule has 3 rings (SSSR count). The number of nitrogens with one attached hydrogen (secondary N) is 2. The first-order chi connectivity index (χ1) is 13.0. The van der Waals surface area contributed by atoms with Crippen LogP contribution in [0.3, 0.4) is 0 Å². The standard InChI is InChI=1S/C19H16FN3O3S/c1-11(24)21-13-5-8-15(20)16(9-13)22-18(25)17-10-27-19(23-17)12-3-6-14(26-2)7-4-12/h3-10H,1-2H3,(H,21,24)(H,22,25). The molecule has 6 nitrogen and oxygen atoms in total. The fourth-order valence-corrected chi connectivity index (χ4v) is 3.14. The summed E-state index contributed by atoms with van der Waals surface area (Å²) in [6.45, 7) is 1.34. The SMILES string of the molecule is COc1ccc(-c2nc(C(=O)Nc3cc(NC(C)=O)ccc3F)cs2)cc1. The van der Waals surface area contributed by atoms with Gasteiger partial charge in [0.2, 0.25) is 5.91 Å². The predicted octanol–water partition coefficient (Wildman–Crippen LogP) is 4.17. The van der Waals surface area contributed by atoms with Crippen LogP contribution in [0.2, 0.25) is 0 Å². The van der Waals surface area contributed by atoms with Crippen molar-refractivity contribution in [1.29, 1.82) is 0 Å². The Morgan fingerprint density at radius 3 is 2.52 bits per heavy atom. The Labute approximate surface area is 159 Å². The number of methoxy groups -OCH3 is 1. The second-order valence-electron chi connectivity index (χ2n) is 5.60. The zero-order valence-corrected chi connectivity index (χ0v) is 15.4. The first kappa shape index (κ1) is 18.5.